The van der Waals surface area contributed by atoms with Crippen molar-refractivity contribution >= 4 is 55.8 Å². The number of aromatic nitrogens is 2. The fourth-order valence-electron chi connectivity index (χ4n) is 2.90. The van der Waals surface area contributed by atoms with E-state index in [9.17, 15) is 18.0 Å². The van der Waals surface area contributed by atoms with E-state index in [0.29, 0.717) is 38.9 Å². The van der Waals surface area contributed by atoms with Crippen molar-refractivity contribution in [2.24, 2.45) is 5.92 Å². The molecular weight excluding hydrogens is 534 g/mol. The minimum atomic E-state index is -3.45. The number of carbonyl (C=O) groups excluding carboxylic acids is 2. The van der Waals surface area contributed by atoms with Crippen molar-refractivity contribution in [2.75, 3.05) is 23.5 Å². The van der Waals surface area contributed by atoms with E-state index >= 15 is 0 Å². The van der Waals surface area contributed by atoms with Gasteiger partial charge in [0.1, 0.15) is 17.2 Å². The predicted octanol–water partition coefficient (Wildman–Crippen LogP) is 4.05. The number of pyridine rings is 1. The van der Waals surface area contributed by atoms with E-state index in [-0.39, 0.29) is 11.7 Å². The fraction of sp³-hybridized carbons (Fsp3) is 0.333. The number of carbonyl (C=O) groups is 2. The lowest BCUT2D eigenvalue weighted by Gasteiger charge is -2.14. The van der Waals surface area contributed by atoms with Crippen molar-refractivity contribution in [3.8, 4) is 5.75 Å². The minimum absolute atomic E-state index is 0.0482. The van der Waals surface area contributed by atoms with Crippen molar-refractivity contribution < 1.29 is 22.7 Å². The average Bonchev–Trinajstić information content (AvgIpc) is 3.18. The highest BCUT2D eigenvalue weighted by Gasteiger charge is 2.18. The van der Waals surface area contributed by atoms with Crippen LogP contribution in [0.4, 0.5) is 10.8 Å². The molecule has 0 aliphatic heterocycles. The molecule has 3 rings (SSSR count). The van der Waals surface area contributed by atoms with Crippen LogP contribution in [0.1, 0.15) is 31.5 Å². The summed E-state index contributed by atoms with van der Waals surface area (Å²) in [5, 5.41) is 6.31. The Kier molecular flexibility index (Phi) is 10.0. The molecule has 0 aliphatic carbocycles. The summed E-state index contributed by atoms with van der Waals surface area (Å²) >= 11 is 2.47. The normalized spacial score (nSPS) is 11.4. The van der Waals surface area contributed by atoms with Gasteiger partial charge < -0.3 is 15.4 Å². The average molecular weight is 564 g/mol. The number of amides is 2. The first-order valence-corrected chi connectivity index (χ1v) is 14.9. The molecule has 0 saturated carbocycles. The summed E-state index contributed by atoms with van der Waals surface area (Å²) in [5.41, 5.74) is 1.91. The van der Waals surface area contributed by atoms with E-state index in [1.807, 2.05) is 45.0 Å². The Morgan fingerprint density at radius 3 is 2.57 bits per heavy atom. The first-order valence-electron chi connectivity index (χ1n) is 11.3. The zero-order chi connectivity index (χ0) is 27.0. The van der Waals surface area contributed by atoms with E-state index in [2.05, 4.69) is 25.3 Å². The number of hydrogen-bond donors (Lipinski definition) is 3. The van der Waals surface area contributed by atoms with Gasteiger partial charge in [0.25, 0.3) is 0 Å². The van der Waals surface area contributed by atoms with Gasteiger partial charge in [-0.25, -0.2) is 23.1 Å². The smallest absolute Gasteiger partial charge is 0.235 e. The van der Waals surface area contributed by atoms with Gasteiger partial charge in [0, 0.05) is 6.20 Å². The number of nitrogens with one attached hydrogen (secondary N) is 3. The van der Waals surface area contributed by atoms with E-state index in [0.717, 1.165) is 11.8 Å². The Bertz CT molecular complexity index is 1340. The number of rotatable bonds is 12. The van der Waals surface area contributed by atoms with Gasteiger partial charge in [-0.1, -0.05) is 49.1 Å². The van der Waals surface area contributed by atoms with Crippen molar-refractivity contribution in [3.63, 3.8) is 0 Å². The van der Waals surface area contributed by atoms with E-state index in [1.165, 1.54) is 23.1 Å². The molecule has 0 unspecified atom stereocenters. The van der Waals surface area contributed by atoms with Crippen LogP contribution in [0.5, 0.6) is 5.75 Å². The maximum atomic E-state index is 12.6. The summed E-state index contributed by atoms with van der Waals surface area (Å²) in [4.78, 5) is 33.8. The lowest BCUT2D eigenvalue weighted by atomic mass is 10.2. The lowest BCUT2D eigenvalue weighted by molar-refractivity contribution is -0.123. The SMILES string of the molecule is Cc1ccc(NC(=O)CC(=O)Nc2nc(CNS(C)(=O)=O)c(Sc3ccccn3)s2)c(OCC(C)C)c1. The van der Waals surface area contributed by atoms with Crippen LogP contribution in [0.15, 0.2) is 51.8 Å². The molecule has 37 heavy (non-hydrogen) atoms. The molecule has 0 bridgehead atoms. The molecule has 3 N–H and O–H groups in total. The Hall–Kier alpha value is -3.00. The molecule has 0 saturated heterocycles. The number of aryl methyl sites for hydroxylation is 1. The third kappa shape index (κ3) is 9.76. The van der Waals surface area contributed by atoms with Crippen LogP contribution in [-0.4, -0.2) is 43.1 Å². The summed E-state index contributed by atoms with van der Waals surface area (Å²) in [6.45, 7) is 6.43. The summed E-state index contributed by atoms with van der Waals surface area (Å²) in [6, 6.07) is 10.9. The quantitative estimate of drug-likeness (QED) is 0.281. The first-order chi connectivity index (χ1) is 17.5. The summed E-state index contributed by atoms with van der Waals surface area (Å²) in [5.74, 6) is -0.206. The fourth-order valence-corrected chi connectivity index (χ4v) is 5.37. The number of thiazole rings is 1. The number of benzene rings is 1. The zero-order valence-electron chi connectivity index (χ0n) is 20.9. The van der Waals surface area contributed by atoms with Crippen molar-refractivity contribution in [1.82, 2.24) is 14.7 Å². The van der Waals surface area contributed by atoms with Crippen LogP contribution in [0.3, 0.4) is 0 Å². The molecule has 0 aliphatic rings. The Labute approximate surface area is 224 Å². The van der Waals surface area contributed by atoms with Crippen molar-refractivity contribution in [1.29, 1.82) is 0 Å². The second kappa shape index (κ2) is 13.0. The van der Waals surface area contributed by atoms with Crippen LogP contribution in [0, 0.1) is 12.8 Å². The number of hydrogen-bond acceptors (Lipinski definition) is 9. The van der Waals surface area contributed by atoms with Gasteiger partial charge in [-0.2, -0.15) is 0 Å². The second-order valence-electron chi connectivity index (χ2n) is 8.59. The van der Waals surface area contributed by atoms with Gasteiger partial charge in [-0.05, 0) is 42.7 Å². The molecule has 1 aromatic carbocycles. The number of nitrogens with zero attached hydrogens (tertiary/aromatic N) is 2. The highest BCUT2D eigenvalue weighted by atomic mass is 32.2. The molecule has 13 heteroatoms. The molecule has 0 atom stereocenters. The maximum Gasteiger partial charge on any atom is 0.235 e. The molecule has 0 fully saturated rings. The number of ether oxygens (including phenoxy) is 1. The van der Waals surface area contributed by atoms with Gasteiger partial charge in [-0.3, -0.25) is 9.59 Å². The maximum absolute atomic E-state index is 12.6. The third-order valence-corrected chi connectivity index (χ3v) is 7.40. The monoisotopic (exact) mass is 563 g/mol. The Morgan fingerprint density at radius 2 is 1.89 bits per heavy atom. The molecule has 2 aromatic heterocycles. The van der Waals surface area contributed by atoms with Crippen LogP contribution < -0.4 is 20.1 Å². The number of sulfonamides is 1. The van der Waals surface area contributed by atoms with Crippen molar-refractivity contribution in [2.45, 2.75) is 43.0 Å². The van der Waals surface area contributed by atoms with E-state index in [4.69, 9.17) is 4.74 Å². The van der Waals surface area contributed by atoms with E-state index < -0.39 is 28.3 Å². The molecule has 0 spiro atoms. The van der Waals surface area contributed by atoms with Crippen LogP contribution >= 0.6 is 23.1 Å². The largest absolute Gasteiger partial charge is 0.491 e. The molecule has 2 amide bonds. The van der Waals surface area contributed by atoms with Gasteiger partial charge in [0.05, 0.1) is 35.0 Å². The molecule has 3 aromatic rings. The van der Waals surface area contributed by atoms with Gasteiger partial charge >= 0.3 is 0 Å². The summed E-state index contributed by atoms with van der Waals surface area (Å²) in [6.07, 6.45) is 2.27. The number of anilines is 2. The van der Waals surface area contributed by atoms with Crippen LogP contribution in [0.25, 0.3) is 0 Å². The van der Waals surface area contributed by atoms with Crippen LogP contribution in [0.2, 0.25) is 0 Å². The molecule has 0 radical (unpaired) electrons. The standard InChI is InChI=1S/C24H29N5O5S3/c1-15(2)14-34-19-11-16(3)8-9-17(19)27-20(30)12-21(31)29-24-28-18(13-26-37(4,32)33)23(36-24)35-22-7-5-6-10-25-22/h5-11,15,26H,12-14H2,1-4H3,(H,27,30)(H,28,29,31). The molecule has 2 heterocycles. The molecule has 10 nitrogen and oxygen atoms in total. The van der Waals surface area contributed by atoms with E-state index in [1.54, 1.807) is 18.3 Å². The summed E-state index contributed by atoms with van der Waals surface area (Å²) in [7, 11) is -3.45. The van der Waals surface area contributed by atoms with Crippen molar-refractivity contribution in [3.05, 3.63) is 53.9 Å². The summed E-state index contributed by atoms with van der Waals surface area (Å²) < 4.78 is 32.0. The Balaban J connectivity index is 1.67. The Morgan fingerprint density at radius 1 is 1.14 bits per heavy atom. The van der Waals surface area contributed by atoms with Gasteiger partial charge in [-0.15, -0.1) is 0 Å². The highest BCUT2D eigenvalue weighted by molar-refractivity contribution is 8.01. The lowest BCUT2D eigenvalue weighted by Crippen LogP contribution is -2.22. The topological polar surface area (TPSA) is 139 Å². The highest BCUT2D eigenvalue weighted by Crippen LogP contribution is 2.36. The second-order valence-corrected chi connectivity index (χ2v) is 12.7. The van der Waals surface area contributed by atoms with Gasteiger partial charge in [0.15, 0.2) is 5.13 Å². The predicted molar refractivity (Wildman–Crippen MR) is 146 cm³/mol. The first kappa shape index (κ1) is 28.6. The molecular formula is C24H29N5O5S3. The third-order valence-electron chi connectivity index (χ3n) is 4.55. The van der Waals surface area contributed by atoms with Crippen LogP contribution in [-0.2, 0) is 26.2 Å². The van der Waals surface area contributed by atoms with Gasteiger partial charge in [0.2, 0.25) is 21.8 Å². The minimum Gasteiger partial charge on any atom is -0.491 e. The molecule has 198 valence electrons. The zero-order valence-corrected chi connectivity index (χ0v) is 23.4.